The van der Waals surface area contributed by atoms with Crippen molar-refractivity contribution >= 4 is 17.3 Å². The Labute approximate surface area is 199 Å². The van der Waals surface area contributed by atoms with Gasteiger partial charge in [0.1, 0.15) is 5.75 Å². The predicted molar refractivity (Wildman–Crippen MR) is 127 cm³/mol. The molecule has 2 saturated heterocycles. The van der Waals surface area contributed by atoms with Gasteiger partial charge in [-0.1, -0.05) is 12.1 Å². The molecule has 0 aliphatic carbocycles. The number of nitro benzene ring substituents is 1. The highest BCUT2D eigenvalue weighted by Gasteiger charge is 2.42. The number of non-ortho nitro benzene ring substituents is 1. The highest BCUT2D eigenvalue weighted by Crippen LogP contribution is 2.37. The topological polar surface area (TPSA) is 103 Å². The Morgan fingerprint density at radius 3 is 2.29 bits per heavy atom. The van der Waals surface area contributed by atoms with Gasteiger partial charge in [0.15, 0.2) is 0 Å². The van der Waals surface area contributed by atoms with E-state index in [1.807, 2.05) is 24.3 Å². The van der Waals surface area contributed by atoms with Crippen LogP contribution in [0.1, 0.15) is 24.8 Å². The van der Waals surface area contributed by atoms with Gasteiger partial charge >= 0.3 is 0 Å². The summed E-state index contributed by atoms with van der Waals surface area (Å²) < 4.78 is 16.7. The Hall–Kier alpha value is -3.01. The molecule has 2 aromatic rings. The van der Waals surface area contributed by atoms with Gasteiger partial charge in [-0.15, -0.1) is 0 Å². The summed E-state index contributed by atoms with van der Waals surface area (Å²) in [5.41, 5.74) is 0.659. The molecule has 4 rings (SSSR count). The van der Waals surface area contributed by atoms with Crippen molar-refractivity contribution in [3.05, 3.63) is 64.2 Å². The maximum atomic E-state index is 13.4. The number of carbonyl (C=O) groups excluding carboxylic acids is 1. The standard InChI is InChI=1S/C25H31N3O6/c29-24(25(10-16-32-17-11-25)20-2-6-22(7-3-20)28(30)31)26-21-4-8-23(9-5-21)34-15-1-12-27-13-18-33-19-14-27/h2-9H,1,10-19H2,(H,26,29). The molecule has 0 aromatic heterocycles. The Morgan fingerprint density at radius 2 is 1.65 bits per heavy atom. The molecule has 9 heteroatoms. The normalized spacial score (nSPS) is 18.2. The third-order valence-electron chi connectivity index (χ3n) is 6.52. The molecule has 2 aromatic carbocycles. The third-order valence-corrected chi connectivity index (χ3v) is 6.52. The zero-order valence-corrected chi connectivity index (χ0v) is 19.2. The fourth-order valence-electron chi connectivity index (χ4n) is 4.46. The number of nitrogens with one attached hydrogen (secondary N) is 1. The molecule has 2 aliphatic heterocycles. The number of nitro groups is 1. The molecular formula is C25H31N3O6. The molecule has 1 N–H and O–H groups in total. The van der Waals surface area contributed by atoms with Crippen LogP contribution < -0.4 is 10.1 Å². The molecule has 1 amide bonds. The number of amides is 1. The second-order valence-electron chi connectivity index (χ2n) is 8.63. The van der Waals surface area contributed by atoms with E-state index in [1.54, 1.807) is 12.1 Å². The van der Waals surface area contributed by atoms with Crippen LogP contribution in [0.3, 0.4) is 0 Å². The molecular weight excluding hydrogens is 438 g/mol. The summed E-state index contributed by atoms with van der Waals surface area (Å²) in [7, 11) is 0. The maximum Gasteiger partial charge on any atom is 0.269 e. The first kappa shape index (κ1) is 24.1. The summed E-state index contributed by atoms with van der Waals surface area (Å²) in [6.45, 7) is 6.09. The van der Waals surface area contributed by atoms with Crippen LogP contribution in [0.2, 0.25) is 0 Å². The highest BCUT2D eigenvalue weighted by atomic mass is 16.6. The minimum Gasteiger partial charge on any atom is -0.494 e. The van der Waals surface area contributed by atoms with E-state index >= 15 is 0 Å². The van der Waals surface area contributed by atoms with E-state index in [0.717, 1.165) is 50.6 Å². The Morgan fingerprint density at radius 1 is 1.00 bits per heavy atom. The van der Waals surface area contributed by atoms with Crippen molar-refractivity contribution in [2.45, 2.75) is 24.7 Å². The molecule has 2 heterocycles. The summed E-state index contributed by atoms with van der Waals surface area (Å²) in [5.74, 6) is 0.625. The molecule has 34 heavy (non-hydrogen) atoms. The lowest BCUT2D eigenvalue weighted by Gasteiger charge is -2.36. The fraction of sp³-hybridized carbons (Fsp3) is 0.480. The second kappa shape index (κ2) is 11.4. The highest BCUT2D eigenvalue weighted by molar-refractivity contribution is 5.99. The van der Waals surface area contributed by atoms with Crippen LogP contribution in [-0.2, 0) is 19.7 Å². The number of carbonyl (C=O) groups is 1. The van der Waals surface area contributed by atoms with Gasteiger partial charge in [-0.05, 0) is 49.1 Å². The quantitative estimate of drug-likeness (QED) is 0.341. The molecule has 182 valence electrons. The van der Waals surface area contributed by atoms with Crippen LogP contribution >= 0.6 is 0 Å². The Balaban J connectivity index is 1.34. The molecule has 9 nitrogen and oxygen atoms in total. The maximum absolute atomic E-state index is 13.4. The van der Waals surface area contributed by atoms with Crippen LogP contribution in [0.5, 0.6) is 5.75 Å². The molecule has 2 aliphatic rings. The summed E-state index contributed by atoms with van der Waals surface area (Å²) in [5, 5.41) is 14.0. The molecule has 0 radical (unpaired) electrons. The number of benzene rings is 2. The minimum atomic E-state index is -0.790. The fourth-order valence-corrected chi connectivity index (χ4v) is 4.46. The smallest absolute Gasteiger partial charge is 0.269 e. The van der Waals surface area contributed by atoms with Crippen LogP contribution in [0.15, 0.2) is 48.5 Å². The van der Waals surface area contributed by atoms with E-state index in [4.69, 9.17) is 14.2 Å². The van der Waals surface area contributed by atoms with Gasteiger partial charge in [-0.25, -0.2) is 0 Å². The van der Waals surface area contributed by atoms with Crippen molar-refractivity contribution in [3.63, 3.8) is 0 Å². The molecule has 0 spiro atoms. The van der Waals surface area contributed by atoms with E-state index in [2.05, 4.69) is 10.2 Å². The SMILES string of the molecule is O=C(Nc1ccc(OCCCN2CCOCC2)cc1)C1(c2ccc([N+](=O)[O-])cc2)CCOCC1. The second-order valence-corrected chi connectivity index (χ2v) is 8.63. The van der Waals surface area contributed by atoms with Crippen molar-refractivity contribution < 1.29 is 23.9 Å². The summed E-state index contributed by atoms with van der Waals surface area (Å²) in [4.78, 5) is 26.4. The number of ether oxygens (including phenoxy) is 3. The van der Waals surface area contributed by atoms with Crippen molar-refractivity contribution in [1.82, 2.24) is 4.90 Å². The van der Waals surface area contributed by atoms with E-state index in [0.29, 0.717) is 38.3 Å². The number of hydrogen-bond acceptors (Lipinski definition) is 7. The zero-order chi connectivity index (χ0) is 23.8. The van der Waals surface area contributed by atoms with Crippen molar-refractivity contribution in [1.29, 1.82) is 0 Å². The van der Waals surface area contributed by atoms with Gasteiger partial charge in [0.05, 0.1) is 30.2 Å². The monoisotopic (exact) mass is 469 g/mol. The average Bonchev–Trinajstić information content (AvgIpc) is 2.88. The van der Waals surface area contributed by atoms with E-state index in [1.165, 1.54) is 12.1 Å². The molecule has 0 bridgehead atoms. The number of hydrogen-bond donors (Lipinski definition) is 1. The van der Waals surface area contributed by atoms with Gasteiger partial charge in [0.2, 0.25) is 5.91 Å². The Bertz CT molecular complexity index is 952. The van der Waals surface area contributed by atoms with Crippen LogP contribution in [0.4, 0.5) is 11.4 Å². The first-order valence-corrected chi connectivity index (χ1v) is 11.7. The van der Waals surface area contributed by atoms with Crippen molar-refractivity contribution in [2.75, 3.05) is 58.0 Å². The van der Waals surface area contributed by atoms with Gasteiger partial charge in [0, 0.05) is 50.7 Å². The van der Waals surface area contributed by atoms with E-state index in [9.17, 15) is 14.9 Å². The van der Waals surface area contributed by atoms with Gasteiger partial charge in [-0.2, -0.15) is 0 Å². The van der Waals surface area contributed by atoms with Crippen molar-refractivity contribution in [3.8, 4) is 5.75 Å². The van der Waals surface area contributed by atoms with Gasteiger partial charge in [-0.3, -0.25) is 19.8 Å². The largest absolute Gasteiger partial charge is 0.494 e. The van der Waals surface area contributed by atoms with E-state index < -0.39 is 10.3 Å². The van der Waals surface area contributed by atoms with Gasteiger partial charge in [0.25, 0.3) is 5.69 Å². The molecule has 0 atom stereocenters. The molecule has 2 fully saturated rings. The van der Waals surface area contributed by atoms with Crippen molar-refractivity contribution in [2.24, 2.45) is 0 Å². The summed E-state index contributed by atoms with van der Waals surface area (Å²) in [6, 6.07) is 13.6. The third kappa shape index (κ3) is 5.91. The lowest BCUT2D eigenvalue weighted by Crippen LogP contribution is -2.44. The Kier molecular flexibility index (Phi) is 8.10. The summed E-state index contributed by atoms with van der Waals surface area (Å²) >= 11 is 0. The van der Waals surface area contributed by atoms with Crippen LogP contribution in [0.25, 0.3) is 0 Å². The number of nitrogens with zero attached hydrogens (tertiary/aromatic N) is 2. The first-order chi connectivity index (χ1) is 16.6. The first-order valence-electron chi connectivity index (χ1n) is 11.7. The van der Waals surface area contributed by atoms with Gasteiger partial charge < -0.3 is 19.5 Å². The van der Waals surface area contributed by atoms with E-state index in [-0.39, 0.29) is 11.6 Å². The number of rotatable bonds is 9. The zero-order valence-electron chi connectivity index (χ0n) is 19.2. The minimum absolute atomic E-state index is 0.00639. The average molecular weight is 470 g/mol. The lowest BCUT2D eigenvalue weighted by molar-refractivity contribution is -0.384. The number of morpholine rings is 1. The predicted octanol–water partition coefficient (Wildman–Crippen LogP) is 3.38. The lowest BCUT2D eigenvalue weighted by atomic mass is 9.73. The van der Waals surface area contributed by atoms with Crippen LogP contribution in [0, 0.1) is 10.1 Å². The number of anilines is 1. The molecule has 0 saturated carbocycles. The van der Waals surface area contributed by atoms with Crippen LogP contribution in [-0.4, -0.2) is 68.4 Å². The molecule has 0 unspecified atom stereocenters. The summed E-state index contributed by atoms with van der Waals surface area (Å²) in [6.07, 6.45) is 1.97.